The van der Waals surface area contributed by atoms with Gasteiger partial charge in [0.05, 0.1) is 12.2 Å². The Kier molecular flexibility index (Phi) is 5.32. The van der Waals surface area contributed by atoms with Crippen molar-refractivity contribution in [2.75, 3.05) is 13.1 Å². The van der Waals surface area contributed by atoms with Crippen LogP contribution in [-0.2, 0) is 24.2 Å². The summed E-state index contributed by atoms with van der Waals surface area (Å²) in [5.41, 5.74) is 2.95. The summed E-state index contributed by atoms with van der Waals surface area (Å²) < 4.78 is 0. The summed E-state index contributed by atoms with van der Waals surface area (Å²) in [5, 5.41) is 17.0. The van der Waals surface area contributed by atoms with Gasteiger partial charge >= 0.3 is 0 Å². The summed E-state index contributed by atoms with van der Waals surface area (Å²) in [6, 6.07) is 3.71. The van der Waals surface area contributed by atoms with Gasteiger partial charge in [0.25, 0.3) is 5.91 Å². The van der Waals surface area contributed by atoms with Crippen LogP contribution >= 0.6 is 0 Å². The molecule has 4 rings (SSSR count). The molecule has 4 heterocycles. The first-order valence-electron chi connectivity index (χ1n) is 9.59. The standard InChI is InChI=1S/C19H22N8O2/c1-2-16(28)27-9-6-13-14(11-27)23-25-17(13)19(29)21-8-5-15-22-18(26-24-15)12-4-3-7-20-10-12/h3-4,7,10H,2,5-6,8-9,11H2,1H3,(H,21,29)(H,23,25)(H,22,24,26). The molecular formula is C19H22N8O2. The summed E-state index contributed by atoms with van der Waals surface area (Å²) in [6.45, 7) is 3.33. The number of fused-ring (bicyclic) bond motifs is 1. The fraction of sp³-hybridized carbons (Fsp3) is 0.368. The minimum Gasteiger partial charge on any atom is -0.350 e. The summed E-state index contributed by atoms with van der Waals surface area (Å²) >= 11 is 0. The van der Waals surface area contributed by atoms with Crippen molar-refractivity contribution in [3.63, 3.8) is 0 Å². The number of aromatic nitrogens is 6. The molecule has 0 radical (unpaired) electrons. The van der Waals surface area contributed by atoms with Crippen molar-refractivity contribution in [2.24, 2.45) is 0 Å². The molecule has 10 heteroatoms. The van der Waals surface area contributed by atoms with Crippen molar-refractivity contribution in [2.45, 2.75) is 32.7 Å². The molecule has 3 aromatic heterocycles. The number of H-pyrrole nitrogens is 2. The van der Waals surface area contributed by atoms with Crippen LogP contribution in [0.5, 0.6) is 0 Å². The minimum atomic E-state index is -0.232. The van der Waals surface area contributed by atoms with E-state index in [0.717, 1.165) is 16.8 Å². The molecule has 2 amide bonds. The highest BCUT2D eigenvalue weighted by molar-refractivity contribution is 5.94. The molecule has 29 heavy (non-hydrogen) atoms. The summed E-state index contributed by atoms with van der Waals surface area (Å²) in [4.78, 5) is 34.7. The number of aromatic amines is 2. The van der Waals surface area contributed by atoms with E-state index in [1.807, 2.05) is 19.1 Å². The molecule has 1 aliphatic heterocycles. The highest BCUT2D eigenvalue weighted by Crippen LogP contribution is 2.20. The molecule has 0 atom stereocenters. The molecule has 0 saturated heterocycles. The van der Waals surface area contributed by atoms with Gasteiger partial charge < -0.3 is 10.2 Å². The van der Waals surface area contributed by atoms with E-state index in [1.54, 1.807) is 17.3 Å². The van der Waals surface area contributed by atoms with Crippen LogP contribution in [0.25, 0.3) is 11.4 Å². The molecule has 0 aliphatic carbocycles. The molecule has 0 aromatic carbocycles. The smallest absolute Gasteiger partial charge is 0.272 e. The minimum absolute atomic E-state index is 0.106. The maximum Gasteiger partial charge on any atom is 0.272 e. The Bertz CT molecular complexity index is 1010. The molecule has 0 unspecified atom stereocenters. The zero-order chi connectivity index (χ0) is 20.2. The lowest BCUT2D eigenvalue weighted by Gasteiger charge is -2.26. The highest BCUT2D eigenvalue weighted by Gasteiger charge is 2.26. The SMILES string of the molecule is CCC(=O)N1CCc2c(C(=O)NCCc3nc(-c4cccnc4)n[nH]3)n[nH]c2C1. The quantitative estimate of drug-likeness (QED) is 0.568. The van der Waals surface area contributed by atoms with E-state index in [2.05, 4.69) is 35.7 Å². The van der Waals surface area contributed by atoms with Crippen LogP contribution in [-0.4, -0.2) is 60.2 Å². The fourth-order valence-electron chi connectivity index (χ4n) is 3.35. The topological polar surface area (TPSA) is 133 Å². The molecule has 0 saturated carbocycles. The van der Waals surface area contributed by atoms with E-state index in [4.69, 9.17) is 0 Å². The Balaban J connectivity index is 1.33. The van der Waals surface area contributed by atoms with E-state index in [-0.39, 0.29) is 11.8 Å². The number of nitrogens with one attached hydrogen (secondary N) is 3. The van der Waals surface area contributed by atoms with Gasteiger partial charge in [-0.25, -0.2) is 4.98 Å². The van der Waals surface area contributed by atoms with Crippen molar-refractivity contribution < 1.29 is 9.59 Å². The normalized spacial score (nSPS) is 13.2. The van der Waals surface area contributed by atoms with Crippen LogP contribution in [0.1, 0.15) is 40.9 Å². The first-order chi connectivity index (χ1) is 14.2. The fourth-order valence-corrected chi connectivity index (χ4v) is 3.35. The van der Waals surface area contributed by atoms with Crippen LogP contribution in [0.3, 0.4) is 0 Å². The van der Waals surface area contributed by atoms with Crippen LogP contribution in [0.15, 0.2) is 24.5 Å². The van der Waals surface area contributed by atoms with E-state index >= 15 is 0 Å². The van der Waals surface area contributed by atoms with Gasteiger partial charge in [-0.2, -0.15) is 10.2 Å². The number of carbonyl (C=O) groups excluding carboxylic acids is 2. The van der Waals surface area contributed by atoms with Crippen molar-refractivity contribution in [1.29, 1.82) is 0 Å². The van der Waals surface area contributed by atoms with Gasteiger partial charge in [0.1, 0.15) is 5.82 Å². The maximum atomic E-state index is 12.5. The Morgan fingerprint density at radius 3 is 2.97 bits per heavy atom. The highest BCUT2D eigenvalue weighted by atomic mass is 16.2. The third-order valence-corrected chi connectivity index (χ3v) is 4.90. The summed E-state index contributed by atoms with van der Waals surface area (Å²) in [7, 11) is 0. The number of nitrogens with zero attached hydrogens (tertiary/aromatic N) is 5. The molecule has 3 N–H and O–H groups in total. The Morgan fingerprint density at radius 1 is 1.28 bits per heavy atom. The predicted molar refractivity (Wildman–Crippen MR) is 104 cm³/mol. The number of carbonyl (C=O) groups is 2. The van der Waals surface area contributed by atoms with Crippen LogP contribution in [0.4, 0.5) is 0 Å². The lowest BCUT2D eigenvalue weighted by Crippen LogP contribution is -2.36. The third-order valence-electron chi connectivity index (χ3n) is 4.90. The van der Waals surface area contributed by atoms with Crippen molar-refractivity contribution in [1.82, 2.24) is 40.6 Å². The second-order valence-corrected chi connectivity index (χ2v) is 6.80. The van der Waals surface area contributed by atoms with Crippen molar-refractivity contribution >= 4 is 11.8 Å². The Morgan fingerprint density at radius 2 is 2.17 bits per heavy atom. The number of hydrogen-bond acceptors (Lipinski definition) is 6. The zero-order valence-electron chi connectivity index (χ0n) is 16.1. The third kappa shape index (κ3) is 4.00. The van der Waals surface area contributed by atoms with Gasteiger partial charge in [0.15, 0.2) is 11.5 Å². The molecule has 0 spiro atoms. The average molecular weight is 394 g/mol. The average Bonchev–Trinajstić information content (AvgIpc) is 3.40. The molecule has 150 valence electrons. The van der Waals surface area contributed by atoms with E-state index < -0.39 is 0 Å². The van der Waals surface area contributed by atoms with Gasteiger partial charge in [-0.3, -0.25) is 24.8 Å². The van der Waals surface area contributed by atoms with E-state index in [9.17, 15) is 9.59 Å². The Labute approximate surface area is 167 Å². The molecule has 0 fully saturated rings. The van der Waals surface area contributed by atoms with Crippen LogP contribution in [0, 0.1) is 0 Å². The number of amides is 2. The van der Waals surface area contributed by atoms with Gasteiger partial charge in [0, 0.05) is 49.5 Å². The van der Waals surface area contributed by atoms with Gasteiger partial charge in [0.2, 0.25) is 5.91 Å². The largest absolute Gasteiger partial charge is 0.350 e. The first kappa shape index (κ1) is 18.8. The Hall–Kier alpha value is -3.56. The molecule has 1 aliphatic rings. The maximum absolute atomic E-state index is 12.5. The first-order valence-corrected chi connectivity index (χ1v) is 9.59. The van der Waals surface area contributed by atoms with Gasteiger partial charge in [-0.15, -0.1) is 0 Å². The molecular weight excluding hydrogens is 372 g/mol. The number of pyridine rings is 1. The van der Waals surface area contributed by atoms with Crippen molar-refractivity contribution in [3.05, 3.63) is 47.3 Å². The lowest BCUT2D eigenvalue weighted by atomic mass is 10.0. The number of hydrogen-bond donors (Lipinski definition) is 3. The second kappa shape index (κ2) is 8.21. The summed E-state index contributed by atoms with van der Waals surface area (Å²) in [5.74, 6) is 1.13. The predicted octanol–water partition coefficient (Wildman–Crippen LogP) is 0.857. The lowest BCUT2D eigenvalue weighted by molar-refractivity contribution is -0.131. The monoisotopic (exact) mass is 394 g/mol. The van der Waals surface area contributed by atoms with E-state index in [1.165, 1.54) is 0 Å². The van der Waals surface area contributed by atoms with Gasteiger partial charge in [-0.05, 0) is 18.6 Å². The molecule has 3 aromatic rings. The van der Waals surface area contributed by atoms with Crippen molar-refractivity contribution in [3.8, 4) is 11.4 Å². The van der Waals surface area contributed by atoms with Crippen LogP contribution < -0.4 is 5.32 Å². The van der Waals surface area contributed by atoms with Crippen LogP contribution in [0.2, 0.25) is 0 Å². The second-order valence-electron chi connectivity index (χ2n) is 6.80. The number of rotatable bonds is 6. The zero-order valence-corrected chi connectivity index (χ0v) is 16.1. The summed E-state index contributed by atoms with van der Waals surface area (Å²) in [6.07, 6.45) is 5.01. The molecule has 10 nitrogen and oxygen atoms in total. The van der Waals surface area contributed by atoms with Gasteiger partial charge in [-0.1, -0.05) is 6.92 Å². The van der Waals surface area contributed by atoms with E-state index in [0.29, 0.717) is 56.2 Å². The molecule has 0 bridgehead atoms.